The van der Waals surface area contributed by atoms with Crippen LogP contribution in [0, 0.1) is 30.9 Å². The Morgan fingerprint density at radius 2 is 1.70 bits per heavy atom. The van der Waals surface area contributed by atoms with Gasteiger partial charge in [-0.15, -0.1) is 0 Å². The van der Waals surface area contributed by atoms with Crippen LogP contribution in [0.4, 0.5) is 25.0 Å². The maximum Gasteiger partial charge on any atom is 0.323 e. The molecule has 0 aliphatic heterocycles. The molecule has 0 aliphatic rings. The highest BCUT2D eigenvalue weighted by Gasteiger charge is 2.26. The van der Waals surface area contributed by atoms with Crippen LogP contribution in [0.15, 0.2) is 30.3 Å². The highest BCUT2D eigenvalue weighted by Crippen LogP contribution is 2.28. The zero-order valence-electron chi connectivity index (χ0n) is 17.4. The third-order valence-electron chi connectivity index (χ3n) is 4.73. The molecule has 0 spiro atoms. The highest BCUT2D eigenvalue weighted by atomic mass is 19.1. The summed E-state index contributed by atoms with van der Waals surface area (Å²) in [5, 5.41) is 14.1. The van der Waals surface area contributed by atoms with Crippen LogP contribution in [0.1, 0.15) is 37.8 Å². The van der Waals surface area contributed by atoms with Gasteiger partial charge >= 0.3 is 12.0 Å². The van der Waals surface area contributed by atoms with Crippen LogP contribution in [0.2, 0.25) is 0 Å². The second-order valence-corrected chi connectivity index (χ2v) is 7.78. The van der Waals surface area contributed by atoms with Crippen molar-refractivity contribution in [3.8, 4) is 5.75 Å². The van der Waals surface area contributed by atoms with Crippen molar-refractivity contribution in [3.05, 3.63) is 53.1 Å². The molecule has 30 heavy (non-hydrogen) atoms. The van der Waals surface area contributed by atoms with E-state index in [0.717, 1.165) is 23.3 Å². The largest absolute Gasteiger partial charge is 0.493 e. The van der Waals surface area contributed by atoms with Gasteiger partial charge < -0.3 is 20.5 Å². The topological polar surface area (TPSA) is 87.7 Å². The molecule has 2 aromatic carbocycles. The monoisotopic (exact) mass is 420 g/mol. The minimum absolute atomic E-state index is 0.132. The third-order valence-corrected chi connectivity index (χ3v) is 4.73. The van der Waals surface area contributed by atoms with Gasteiger partial charge in [-0.1, -0.05) is 0 Å². The summed E-state index contributed by atoms with van der Waals surface area (Å²) >= 11 is 0. The number of aryl methyl sites for hydroxylation is 2. The number of anilines is 2. The highest BCUT2D eigenvalue weighted by molar-refractivity contribution is 6.00. The number of ether oxygens (including phenoxy) is 1. The second kappa shape index (κ2) is 9.56. The standard InChI is InChI=1S/C22H26F2N2O4/c1-13-11-19(30-9-5-8-22(3,4)20(27)28)14(2)10-18(13)26-21(29)25-17-7-6-15(23)12-16(17)24/h6-7,10-12H,5,8-9H2,1-4H3,(H,27,28)(H2,25,26,29). The first-order valence-corrected chi connectivity index (χ1v) is 9.50. The summed E-state index contributed by atoms with van der Waals surface area (Å²) in [5.41, 5.74) is 1.09. The van der Waals surface area contributed by atoms with E-state index in [1.54, 1.807) is 32.9 Å². The lowest BCUT2D eigenvalue weighted by molar-refractivity contribution is -0.147. The van der Waals surface area contributed by atoms with Gasteiger partial charge in [-0.3, -0.25) is 4.79 Å². The van der Waals surface area contributed by atoms with E-state index in [4.69, 9.17) is 9.84 Å². The van der Waals surface area contributed by atoms with Crippen LogP contribution in [-0.2, 0) is 4.79 Å². The van der Waals surface area contributed by atoms with E-state index in [-0.39, 0.29) is 5.69 Å². The summed E-state index contributed by atoms with van der Waals surface area (Å²) in [7, 11) is 0. The first-order chi connectivity index (χ1) is 14.0. The Hall–Kier alpha value is -3.16. The third kappa shape index (κ3) is 6.17. The lowest BCUT2D eigenvalue weighted by Gasteiger charge is -2.19. The van der Waals surface area contributed by atoms with Crippen molar-refractivity contribution in [2.24, 2.45) is 5.41 Å². The Morgan fingerprint density at radius 3 is 2.33 bits per heavy atom. The van der Waals surface area contributed by atoms with Crippen LogP contribution in [-0.4, -0.2) is 23.7 Å². The van der Waals surface area contributed by atoms with Crippen LogP contribution in [0.3, 0.4) is 0 Å². The van der Waals surface area contributed by atoms with Crippen molar-refractivity contribution in [1.82, 2.24) is 0 Å². The molecule has 0 bridgehead atoms. The van der Waals surface area contributed by atoms with Gasteiger partial charge in [0.2, 0.25) is 0 Å². The van der Waals surface area contributed by atoms with Crippen LogP contribution in [0.5, 0.6) is 5.75 Å². The predicted molar refractivity (Wildman–Crippen MR) is 111 cm³/mol. The number of urea groups is 1. The fraction of sp³-hybridized carbons (Fsp3) is 0.364. The molecular formula is C22H26F2N2O4. The summed E-state index contributed by atoms with van der Waals surface area (Å²) in [6, 6.07) is 5.72. The first-order valence-electron chi connectivity index (χ1n) is 9.50. The van der Waals surface area contributed by atoms with Gasteiger partial charge in [-0.25, -0.2) is 13.6 Å². The molecule has 0 saturated carbocycles. The van der Waals surface area contributed by atoms with Gasteiger partial charge in [0.05, 0.1) is 17.7 Å². The summed E-state index contributed by atoms with van der Waals surface area (Å²) < 4.78 is 32.4. The fourth-order valence-electron chi connectivity index (χ4n) is 2.75. The minimum atomic E-state index is -0.868. The lowest BCUT2D eigenvalue weighted by Crippen LogP contribution is -2.24. The molecule has 162 valence electrons. The van der Waals surface area contributed by atoms with E-state index in [1.807, 2.05) is 6.92 Å². The number of carboxylic acids is 1. The van der Waals surface area contributed by atoms with Crippen LogP contribution in [0.25, 0.3) is 0 Å². The van der Waals surface area contributed by atoms with Crippen molar-refractivity contribution >= 4 is 23.4 Å². The number of halogens is 2. The average Bonchev–Trinajstić information content (AvgIpc) is 2.64. The Balaban J connectivity index is 1.96. The number of aliphatic carboxylic acids is 1. The van der Waals surface area contributed by atoms with Crippen molar-refractivity contribution in [3.63, 3.8) is 0 Å². The van der Waals surface area contributed by atoms with Gasteiger partial charge in [-0.05, 0) is 75.9 Å². The number of nitrogens with one attached hydrogen (secondary N) is 2. The number of carboxylic acid groups (broad SMARTS) is 1. The van der Waals surface area contributed by atoms with Crippen molar-refractivity contribution in [2.45, 2.75) is 40.5 Å². The molecule has 3 N–H and O–H groups in total. The zero-order chi connectivity index (χ0) is 22.5. The summed E-state index contributed by atoms with van der Waals surface area (Å²) in [4.78, 5) is 23.3. The number of hydrogen-bond donors (Lipinski definition) is 3. The molecule has 6 nitrogen and oxygen atoms in total. The minimum Gasteiger partial charge on any atom is -0.493 e. The van der Waals surface area contributed by atoms with E-state index in [0.29, 0.717) is 37.0 Å². The Labute approximate surface area is 174 Å². The maximum atomic E-state index is 13.7. The zero-order valence-corrected chi connectivity index (χ0v) is 17.4. The van der Waals surface area contributed by atoms with E-state index in [2.05, 4.69) is 10.6 Å². The number of rotatable bonds is 8. The van der Waals surface area contributed by atoms with Crippen molar-refractivity contribution in [1.29, 1.82) is 0 Å². The van der Waals surface area contributed by atoms with Gasteiger partial charge in [0.25, 0.3) is 0 Å². The number of hydrogen-bond acceptors (Lipinski definition) is 3. The van der Waals surface area contributed by atoms with Gasteiger partial charge in [0.1, 0.15) is 17.4 Å². The molecule has 8 heteroatoms. The molecule has 2 amide bonds. The lowest BCUT2D eigenvalue weighted by atomic mass is 9.88. The molecule has 0 heterocycles. The first kappa shape index (κ1) is 23.1. The molecule has 0 aliphatic carbocycles. The van der Waals surface area contributed by atoms with Gasteiger partial charge in [0.15, 0.2) is 0 Å². The fourth-order valence-corrected chi connectivity index (χ4v) is 2.75. The maximum absolute atomic E-state index is 13.7. The normalized spacial score (nSPS) is 11.1. The second-order valence-electron chi connectivity index (χ2n) is 7.78. The average molecular weight is 420 g/mol. The summed E-state index contributed by atoms with van der Waals surface area (Å²) in [6.07, 6.45) is 1.07. The molecule has 2 rings (SSSR count). The van der Waals surface area contributed by atoms with Crippen molar-refractivity contribution in [2.75, 3.05) is 17.2 Å². The summed E-state index contributed by atoms with van der Waals surface area (Å²) in [5.74, 6) is -1.81. The van der Waals surface area contributed by atoms with E-state index in [9.17, 15) is 18.4 Å². The molecular weight excluding hydrogens is 394 g/mol. The SMILES string of the molecule is Cc1cc(OCCCC(C)(C)C(=O)O)c(C)cc1NC(=O)Nc1ccc(F)cc1F. The van der Waals surface area contributed by atoms with Gasteiger partial charge in [-0.2, -0.15) is 0 Å². The van der Waals surface area contributed by atoms with Crippen LogP contribution < -0.4 is 15.4 Å². The van der Waals surface area contributed by atoms with E-state index >= 15 is 0 Å². The molecule has 2 aromatic rings. The van der Waals surface area contributed by atoms with Gasteiger partial charge in [0, 0.05) is 11.8 Å². The van der Waals surface area contributed by atoms with E-state index < -0.39 is 29.0 Å². The predicted octanol–water partition coefficient (Wildman–Crippen LogP) is 5.50. The quantitative estimate of drug-likeness (QED) is 0.493. The molecule has 0 atom stereocenters. The number of amides is 2. The van der Waals surface area contributed by atoms with Crippen LogP contribution >= 0.6 is 0 Å². The van der Waals surface area contributed by atoms with Crippen molar-refractivity contribution < 1.29 is 28.2 Å². The molecule has 0 fully saturated rings. The molecule has 0 radical (unpaired) electrons. The summed E-state index contributed by atoms with van der Waals surface area (Å²) in [6.45, 7) is 7.32. The Bertz CT molecular complexity index is 945. The molecule has 0 saturated heterocycles. The molecule has 0 unspecified atom stereocenters. The van der Waals surface area contributed by atoms with E-state index in [1.165, 1.54) is 0 Å². The smallest absolute Gasteiger partial charge is 0.323 e. The Morgan fingerprint density at radius 1 is 1.03 bits per heavy atom. The molecule has 0 aromatic heterocycles. The number of benzene rings is 2. The Kier molecular flexibility index (Phi) is 7.37. The number of carbonyl (C=O) groups excluding carboxylic acids is 1. The number of carbonyl (C=O) groups is 2.